The fourth-order valence-electron chi connectivity index (χ4n) is 3.05. The number of imidazole rings is 1. The molecule has 3 rings (SSSR count). The van der Waals surface area contributed by atoms with Gasteiger partial charge in [-0.2, -0.15) is 0 Å². The Morgan fingerprint density at radius 1 is 1.29 bits per heavy atom. The Labute approximate surface area is 142 Å². The summed E-state index contributed by atoms with van der Waals surface area (Å²) in [6.07, 6.45) is 3.77. The molecule has 0 saturated carbocycles. The van der Waals surface area contributed by atoms with Crippen molar-refractivity contribution in [3.05, 3.63) is 48.5 Å². The average molecular weight is 349 g/mol. The van der Waals surface area contributed by atoms with E-state index in [1.54, 1.807) is 36.7 Å². The predicted octanol–water partition coefficient (Wildman–Crippen LogP) is 0.125. The van der Waals surface area contributed by atoms with Crippen LogP contribution < -0.4 is 10.5 Å². The summed E-state index contributed by atoms with van der Waals surface area (Å²) in [7, 11) is -1.51. The second kappa shape index (κ2) is 7.02. The van der Waals surface area contributed by atoms with E-state index in [4.69, 9.17) is 5.73 Å². The molecule has 1 fully saturated rings. The Hall–Kier alpha value is -1.74. The van der Waals surface area contributed by atoms with Gasteiger partial charge in [-0.05, 0) is 12.1 Å². The lowest BCUT2D eigenvalue weighted by molar-refractivity contribution is 0.336. The first-order valence-corrected chi connectivity index (χ1v) is 9.44. The fraction of sp³-hybridized carbons (Fsp3) is 0.438. The van der Waals surface area contributed by atoms with Crippen LogP contribution in [-0.2, 0) is 17.1 Å². The number of aromatic nitrogens is 2. The zero-order chi connectivity index (χ0) is 17.2. The largest absolute Gasteiger partial charge is 0.340 e. The van der Waals surface area contributed by atoms with Crippen molar-refractivity contribution < 1.29 is 8.42 Å². The van der Waals surface area contributed by atoms with Crippen molar-refractivity contribution in [3.8, 4) is 0 Å². The molecule has 0 bridgehead atoms. The first-order valence-electron chi connectivity index (χ1n) is 7.96. The molecular formula is C16H23N5O2S. The van der Waals surface area contributed by atoms with E-state index >= 15 is 0 Å². The number of benzene rings is 1. The van der Waals surface area contributed by atoms with Gasteiger partial charge in [-0.15, -0.1) is 0 Å². The number of rotatable bonds is 6. The van der Waals surface area contributed by atoms with Crippen LogP contribution in [0.2, 0.25) is 0 Å². The third-order valence-corrected chi connectivity index (χ3v) is 5.80. The molecule has 2 heterocycles. The maximum atomic E-state index is 12.2. The lowest BCUT2D eigenvalue weighted by Gasteiger charge is -2.15. The second-order valence-electron chi connectivity index (χ2n) is 6.20. The van der Waals surface area contributed by atoms with Crippen molar-refractivity contribution in [2.45, 2.75) is 16.9 Å². The monoisotopic (exact) mass is 349 g/mol. The fourth-order valence-corrected chi connectivity index (χ4v) is 4.10. The molecule has 1 aromatic heterocycles. The molecule has 0 aliphatic carbocycles. The molecule has 0 unspecified atom stereocenters. The van der Waals surface area contributed by atoms with Crippen LogP contribution in [0.25, 0.3) is 0 Å². The smallest absolute Gasteiger partial charge is 0.240 e. The van der Waals surface area contributed by atoms with Crippen molar-refractivity contribution in [3.63, 3.8) is 0 Å². The maximum absolute atomic E-state index is 12.2. The first-order chi connectivity index (χ1) is 11.5. The molecule has 7 nitrogen and oxygen atoms in total. The average Bonchev–Trinajstić information content (AvgIpc) is 3.14. The quantitative estimate of drug-likeness (QED) is 0.773. The minimum absolute atomic E-state index is 0.0191. The van der Waals surface area contributed by atoms with Crippen LogP contribution in [0, 0.1) is 0 Å². The normalized spacial score (nSPS) is 22.1. The highest BCUT2D eigenvalue weighted by atomic mass is 32.2. The number of hydrogen-bond donors (Lipinski definition) is 2. The van der Waals surface area contributed by atoms with E-state index in [2.05, 4.69) is 14.6 Å². The van der Waals surface area contributed by atoms with E-state index in [1.807, 2.05) is 17.8 Å². The summed E-state index contributed by atoms with van der Waals surface area (Å²) in [6, 6.07) is 8.42. The predicted molar refractivity (Wildman–Crippen MR) is 92.0 cm³/mol. The third-order valence-electron chi connectivity index (χ3n) is 4.32. The SMILES string of the molecule is Cn1cnc([C@@H]2CN(CCNS(=O)(=O)c3ccccc3)C[C@H]2N)c1. The van der Waals surface area contributed by atoms with Gasteiger partial charge in [0, 0.05) is 51.4 Å². The minimum Gasteiger partial charge on any atom is -0.340 e. The minimum atomic E-state index is -3.45. The molecule has 0 amide bonds. The molecule has 2 atom stereocenters. The summed E-state index contributed by atoms with van der Waals surface area (Å²) in [5.41, 5.74) is 7.23. The van der Waals surface area contributed by atoms with Gasteiger partial charge in [-0.25, -0.2) is 18.1 Å². The van der Waals surface area contributed by atoms with Gasteiger partial charge in [-0.3, -0.25) is 4.90 Å². The molecule has 1 aliphatic heterocycles. The topological polar surface area (TPSA) is 93.2 Å². The van der Waals surface area contributed by atoms with Crippen LogP contribution in [-0.4, -0.2) is 55.1 Å². The van der Waals surface area contributed by atoms with Crippen LogP contribution in [0.5, 0.6) is 0 Å². The maximum Gasteiger partial charge on any atom is 0.240 e. The van der Waals surface area contributed by atoms with Gasteiger partial charge in [0.25, 0.3) is 0 Å². The van der Waals surface area contributed by atoms with Crippen molar-refractivity contribution in [1.82, 2.24) is 19.2 Å². The number of nitrogens with zero attached hydrogens (tertiary/aromatic N) is 3. The van der Waals surface area contributed by atoms with Gasteiger partial charge in [0.15, 0.2) is 0 Å². The van der Waals surface area contributed by atoms with Gasteiger partial charge < -0.3 is 10.3 Å². The standard InChI is InChI=1S/C16H23N5O2S/c1-20-11-16(18-12-20)14-9-21(10-15(14)17)8-7-19-24(22,23)13-5-3-2-4-6-13/h2-6,11-12,14-15,19H,7-10,17H2,1H3/t14-,15-/m1/s1. The Bertz CT molecular complexity index is 775. The number of aryl methyl sites for hydroxylation is 1. The van der Waals surface area contributed by atoms with E-state index in [0.29, 0.717) is 13.1 Å². The van der Waals surface area contributed by atoms with Crippen LogP contribution in [0.15, 0.2) is 47.8 Å². The molecule has 1 aromatic carbocycles. The lowest BCUT2D eigenvalue weighted by Crippen LogP contribution is -2.35. The molecule has 130 valence electrons. The van der Waals surface area contributed by atoms with E-state index in [-0.39, 0.29) is 16.9 Å². The summed E-state index contributed by atoms with van der Waals surface area (Å²) in [5, 5.41) is 0. The van der Waals surface area contributed by atoms with Crippen molar-refractivity contribution in [2.24, 2.45) is 12.8 Å². The van der Waals surface area contributed by atoms with Gasteiger partial charge in [0.1, 0.15) is 0 Å². The van der Waals surface area contributed by atoms with E-state index in [9.17, 15) is 8.42 Å². The lowest BCUT2D eigenvalue weighted by atomic mass is 10.0. The Morgan fingerprint density at radius 2 is 2.04 bits per heavy atom. The highest BCUT2D eigenvalue weighted by molar-refractivity contribution is 7.89. The summed E-state index contributed by atoms with van der Waals surface area (Å²) in [4.78, 5) is 6.85. The summed E-state index contributed by atoms with van der Waals surface area (Å²) in [5.74, 6) is 0.192. The van der Waals surface area contributed by atoms with E-state index in [0.717, 1.165) is 18.8 Å². The van der Waals surface area contributed by atoms with Crippen molar-refractivity contribution >= 4 is 10.0 Å². The van der Waals surface area contributed by atoms with Crippen LogP contribution in [0.1, 0.15) is 11.6 Å². The first kappa shape index (κ1) is 17.1. The number of sulfonamides is 1. The van der Waals surface area contributed by atoms with Crippen molar-refractivity contribution in [2.75, 3.05) is 26.2 Å². The van der Waals surface area contributed by atoms with Crippen LogP contribution in [0.4, 0.5) is 0 Å². The van der Waals surface area contributed by atoms with E-state index < -0.39 is 10.0 Å². The Kier molecular flexibility index (Phi) is 5.00. The summed E-state index contributed by atoms with van der Waals surface area (Å²) < 4.78 is 28.9. The molecule has 2 aromatic rings. The Morgan fingerprint density at radius 3 is 2.71 bits per heavy atom. The van der Waals surface area contributed by atoms with E-state index in [1.165, 1.54) is 0 Å². The molecular weight excluding hydrogens is 326 g/mol. The Balaban J connectivity index is 1.53. The number of hydrogen-bond acceptors (Lipinski definition) is 5. The summed E-state index contributed by atoms with van der Waals surface area (Å²) in [6.45, 7) is 2.53. The highest BCUT2D eigenvalue weighted by Crippen LogP contribution is 2.24. The molecule has 0 radical (unpaired) electrons. The zero-order valence-corrected chi connectivity index (χ0v) is 14.5. The molecule has 1 saturated heterocycles. The van der Waals surface area contributed by atoms with Crippen LogP contribution >= 0.6 is 0 Å². The number of likely N-dealkylation sites (tertiary alicyclic amines) is 1. The molecule has 3 N–H and O–H groups in total. The highest BCUT2D eigenvalue weighted by Gasteiger charge is 2.32. The van der Waals surface area contributed by atoms with Crippen molar-refractivity contribution in [1.29, 1.82) is 0 Å². The molecule has 8 heteroatoms. The molecule has 0 spiro atoms. The molecule has 24 heavy (non-hydrogen) atoms. The number of nitrogens with two attached hydrogens (primary N) is 1. The third kappa shape index (κ3) is 3.84. The zero-order valence-electron chi connectivity index (χ0n) is 13.7. The van der Waals surface area contributed by atoms with Gasteiger partial charge >= 0.3 is 0 Å². The summed E-state index contributed by atoms with van der Waals surface area (Å²) >= 11 is 0. The number of nitrogens with one attached hydrogen (secondary N) is 1. The molecule has 1 aliphatic rings. The van der Waals surface area contributed by atoms with Gasteiger partial charge in [-0.1, -0.05) is 18.2 Å². The van der Waals surface area contributed by atoms with Gasteiger partial charge in [0.2, 0.25) is 10.0 Å². The van der Waals surface area contributed by atoms with Crippen LogP contribution in [0.3, 0.4) is 0 Å². The second-order valence-corrected chi connectivity index (χ2v) is 7.97. The van der Waals surface area contributed by atoms with Gasteiger partial charge in [0.05, 0.1) is 16.9 Å².